The molecular formula is C22H18N2O7. The Bertz CT molecular complexity index is 1260. The van der Waals surface area contributed by atoms with E-state index in [2.05, 4.69) is 4.74 Å². The van der Waals surface area contributed by atoms with Gasteiger partial charge in [0.05, 0.1) is 22.6 Å². The van der Waals surface area contributed by atoms with Gasteiger partial charge in [-0.25, -0.2) is 4.79 Å². The Morgan fingerprint density at radius 1 is 1.16 bits per heavy atom. The third kappa shape index (κ3) is 4.67. The first-order valence-corrected chi connectivity index (χ1v) is 9.29. The smallest absolute Gasteiger partial charge is 0.379 e. The average Bonchev–Trinajstić information content (AvgIpc) is 2.76. The number of esters is 1. The minimum absolute atomic E-state index is 0.00278. The summed E-state index contributed by atoms with van der Waals surface area (Å²) in [5.41, 5.74) is 0.557. The lowest BCUT2D eigenvalue weighted by Gasteiger charge is -2.13. The molecule has 1 N–H and O–H groups in total. The van der Waals surface area contributed by atoms with Crippen LogP contribution in [0.4, 0.5) is 5.69 Å². The maximum Gasteiger partial charge on any atom is 0.379 e. The van der Waals surface area contributed by atoms with Gasteiger partial charge in [0.2, 0.25) is 0 Å². The second-order valence-electron chi connectivity index (χ2n) is 6.55. The fourth-order valence-corrected chi connectivity index (χ4v) is 3.04. The van der Waals surface area contributed by atoms with Crippen LogP contribution in [0.3, 0.4) is 0 Å². The number of carbonyl (C=O) groups excluding carboxylic acids is 2. The number of rotatable bonds is 7. The van der Waals surface area contributed by atoms with Gasteiger partial charge in [-0.1, -0.05) is 24.3 Å². The zero-order valence-corrected chi connectivity index (χ0v) is 16.5. The van der Waals surface area contributed by atoms with Crippen LogP contribution in [0.2, 0.25) is 0 Å². The number of aromatic nitrogens is 1. The van der Waals surface area contributed by atoms with Gasteiger partial charge in [0.1, 0.15) is 5.76 Å². The standard InChI is InChI=1S/C22H18N2O7/c1-2-31-22(28)20(26)11-19(25)17-13-23(18-6-4-3-5-16(18)21(17)27)12-14-7-9-15(10-8-14)24(29)30/h3-11,13,25H,2,12H2,1H3. The first-order valence-electron chi connectivity index (χ1n) is 9.29. The number of pyridine rings is 1. The van der Waals surface area contributed by atoms with Crippen LogP contribution in [0.1, 0.15) is 18.1 Å². The quantitative estimate of drug-likeness (QED) is 0.155. The molecule has 0 aliphatic rings. The number of nitro benzene ring substituents is 1. The zero-order chi connectivity index (χ0) is 22.5. The number of aliphatic hydroxyl groups is 1. The van der Waals surface area contributed by atoms with Crippen LogP contribution < -0.4 is 5.43 Å². The van der Waals surface area contributed by atoms with Crippen molar-refractivity contribution >= 4 is 34.1 Å². The van der Waals surface area contributed by atoms with Crippen molar-refractivity contribution in [2.24, 2.45) is 0 Å². The molecule has 0 radical (unpaired) electrons. The summed E-state index contributed by atoms with van der Waals surface area (Å²) < 4.78 is 6.27. The van der Waals surface area contributed by atoms with Crippen LogP contribution in [0, 0.1) is 10.1 Å². The van der Waals surface area contributed by atoms with Crippen molar-refractivity contribution in [3.8, 4) is 0 Å². The van der Waals surface area contributed by atoms with Gasteiger partial charge < -0.3 is 14.4 Å². The minimum Gasteiger partial charge on any atom is -0.507 e. The van der Waals surface area contributed by atoms with E-state index in [0.717, 1.165) is 5.56 Å². The number of non-ortho nitro benzene ring substituents is 1. The van der Waals surface area contributed by atoms with Crippen molar-refractivity contribution in [3.05, 3.63) is 92.3 Å². The van der Waals surface area contributed by atoms with E-state index in [9.17, 15) is 29.6 Å². The number of nitrogens with zero attached hydrogens (tertiary/aromatic N) is 2. The summed E-state index contributed by atoms with van der Waals surface area (Å²) in [5, 5.41) is 21.5. The Hall–Kier alpha value is -4.27. The maximum atomic E-state index is 12.9. The fraction of sp³-hybridized carbons (Fsp3) is 0.136. The Balaban J connectivity index is 2.07. The van der Waals surface area contributed by atoms with E-state index in [-0.39, 0.29) is 24.4 Å². The summed E-state index contributed by atoms with van der Waals surface area (Å²) in [5.74, 6) is -2.89. The van der Waals surface area contributed by atoms with Crippen LogP contribution in [-0.4, -0.2) is 33.0 Å². The largest absolute Gasteiger partial charge is 0.507 e. The van der Waals surface area contributed by atoms with Crippen LogP contribution in [-0.2, 0) is 20.9 Å². The SMILES string of the molecule is CCOC(=O)C(=O)C=C(O)c1cn(Cc2ccc([N+](=O)[O-])cc2)c2ccccc2c1=O. The Kier molecular flexibility index (Phi) is 6.25. The first kappa shape index (κ1) is 21.4. The normalized spacial score (nSPS) is 11.3. The number of benzene rings is 2. The Morgan fingerprint density at radius 2 is 1.84 bits per heavy atom. The van der Waals surface area contributed by atoms with Crippen molar-refractivity contribution in [1.29, 1.82) is 0 Å². The van der Waals surface area contributed by atoms with Gasteiger partial charge in [0.25, 0.3) is 11.5 Å². The molecule has 0 fully saturated rings. The molecule has 3 aromatic rings. The van der Waals surface area contributed by atoms with Gasteiger partial charge in [-0.2, -0.15) is 0 Å². The number of nitro groups is 1. The van der Waals surface area contributed by atoms with Crippen molar-refractivity contribution in [3.63, 3.8) is 0 Å². The minimum atomic E-state index is -1.14. The summed E-state index contributed by atoms with van der Waals surface area (Å²) in [6.45, 7) is 1.77. The number of carbonyl (C=O) groups is 2. The van der Waals surface area contributed by atoms with Crippen LogP contribution in [0.15, 0.2) is 65.6 Å². The first-order chi connectivity index (χ1) is 14.8. The van der Waals surface area contributed by atoms with E-state index >= 15 is 0 Å². The highest BCUT2D eigenvalue weighted by Gasteiger charge is 2.17. The van der Waals surface area contributed by atoms with Gasteiger partial charge in [0, 0.05) is 36.3 Å². The van der Waals surface area contributed by atoms with Crippen molar-refractivity contribution in [2.45, 2.75) is 13.5 Å². The summed E-state index contributed by atoms with van der Waals surface area (Å²) in [7, 11) is 0. The topological polar surface area (TPSA) is 129 Å². The van der Waals surface area contributed by atoms with E-state index in [1.165, 1.54) is 25.3 Å². The molecule has 2 aromatic carbocycles. The highest BCUT2D eigenvalue weighted by molar-refractivity contribution is 6.39. The number of hydrogen-bond acceptors (Lipinski definition) is 7. The van der Waals surface area contributed by atoms with Crippen LogP contribution in [0.25, 0.3) is 16.7 Å². The number of hydrogen-bond donors (Lipinski definition) is 1. The molecule has 0 saturated heterocycles. The van der Waals surface area contributed by atoms with Crippen LogP contribution in [0.5, 0.6) is 0 Å². The molecule has 1 heterocycles. The molecule has 3 rings (SSSR count). The summed E-state index contributed by atoms with van der Waals surface area (Å²) >= 11 is 0. The van der Waals surface area contributed by atoms with Crippen molar-refractivity contribution < 1.29 is 24.4 Å². The summed E-state index contributed by atoms with van der Waals surface area (Å²) in [6, 6.07) is 12.6. The number of ether oxygens (including phenoxy) is 1. The van der Waals surface area contributed by atoms with Gasteiger partial charge in [-0.3, -0.25) is 19.7 Å². The third-order valence-electron chi connectivity index (χ3n) is 4.51. The van der Waals surface area contributed by atoms with Crippen LogP contribution >= 0.6 is 0 Å². The molecule has 158 valence electrons. The molecule has 0 spiro atoms. The molecule has 0 atom stereocenters. The maximum absolute atomic E-state index is 12.9. The predicted molar refractivity (Wildman–Crippen MR) is 113 cm³/mol. The highest BCUT2D eigenvalue weighted by atomic mass is 16.6. The number of aliphatic hydroxyl groups excluding tert-OH is 1. The molecule has 9 nitrogen and oxygen atoms in total. The van der Waals surface area contributed by atoms with E-state index in [4.69, 9.17) is 0 Å². The van der Waals surface area contributed by atoms with Gasteiger partial charge in [-0.15, -0.1) is 0 Å². The van der Waals surface area contributed by atoms with Crippen molar-refractivity contribution in [2.75, 3.05) is 6.61 Å². The lowest BCUT2D eigenvalue weighted by molar-refractivity contribution is -0.384. The summed E-state index contributed by atoms with van der Waals surface area (Å²) in [4.78, 5) is 46.6. The molecule has 31 heavy (non-hydrogen) atoms. The molecule has 0 bridgehead atoms. The lowest BCUT2D eigenvalue weighted by atomic mass is 10.1. The Morgan fingerprint density at radius 3 is 2.48 bits per heavy atom. The van der Waals surface area contributed by atoms with E-state index in [1.54, 1.807) is 41.0 Å². The number of ketones is 1. The molecule has 0 unspecified atom stereocenters. The molecule has 0 amide bonds. The molecular weight excluding hydrogens is 404 g/mol. The van der Waals surface area contributed by atoms with E-state index in [1.807, 2.05) is 0 Å². The second-order valence-corrected chi connectivity index (χ2v) is 6.55. The average molecular weight is 422 g/mol. The molecule has 1 aromatic heterocycles. The molecule has 0 aliphatic carbocycles. The van der Waals surface area contributed by atoms with E-state index < -0.39 is 27.9 Å². The third-order valence-corrected chi connectivity index (χ3v) is 4.51. The van der Waals surface area contributed by atoms with Crippen molar-refractivity contribution in [1.82, 2.24) is 4.57 Å². The van der Waals surface area contributed by atoms with E-state index in [0.29, 0.717) is 17.0 Å². The number of fused-ring (bicyclic) bond motifs is 1. The fourth-order valence-electron chi connectivity index (χ4n) is 3.04. The molecule has 9 heteroatoms. The number of para-hydroxylation sites is 1. The zero-order valence-electron chi connectivity index (χ0n) is 16.5. The molecule has 0 aliphatic heterocycles. The summed E-state index contributed by atoms with van der Waals surface area (Å²) in [6.07, 6.45) is 2.02. The lowest BCUT2D eigenvalue weighted by Crippen LogP contribution is -2.18. The Labute approximate surface area is 176 Å². The predicted octanol–water partition coefficient (Wildman–Crippen LogP) is 2.99. The molecule has 0 saturated carbocycles. The highest BCUT2D eigenvalue weighted by Crippen LogP contribution is 2.19. The van der Waals surface area contributed by atoms with Gasteiger partial charge in [-0.05, 0) is 24.6 Å². The monoisotopic (exact) mass is 422 g/mol. The van der Waals surface area contributed by atoms with Gasteiger partial charge in [0.15, 0.2) is 5.43 Å². The van der Waals surface area contributed by atoms with Gasteiger partial charge >= 0.3 is 5.97 Å². The second kappa shape index (κ2) is 9.04.